The Bertz CT molecular complexity index is 354. The van der Waals surface area contributed by atoms with Crippen LogP contribution in [0.4, 0.5) is 5.69 Å². The average Bonchev–Trinajstić information content (AvgIpc) is 2.18. The number of rotatable bonds is 4. The lowest BCUT2D eigenvalue weighted by Crippen LogP contribution is -2.03. The molecule has 0 fully saturated rings. The predicted octanol–water partition coefficient (Wildman–Crippen LogP) is 2.10. The van der Waals surface area contributed by atoms with Crippen molar-refractivity contribution in [3.63, 3.8) is 0 Å². The SMILES string of the molecule is O=C[C@@H](Br)Cc1cccc([N+](=O)[O-])c1. The van der Waals surface area contributed by atoms with Crippen LogP contribution in [0.25, 0.3) is 0 Å². The van der Waals surface area contributed by atoms with Crippen molar-refractivity contribution in [3.8, 4) is 0 Å². The van der Waals surface area contributed by atoms with Crippen molar-refractivity contribution in [2.75, 3.05) is 0 Å². The van der Waals surface area contributed by atoms with Crippen molar-refractivity contribution in [1.29, 1.82) is 0 Å². The average molecular weight is 258 g/mol. The molecule has 0 heterocycles. The molecule has 4 nitrogen and oxygen atoms in total. The molecule has 0 saturated heterocycles. The highest BCUT2D eigenvalue weighted by Gasteiger charge is 2.08. The Morgan fingerprint density at radius 2 is 2.29 bits per heavy atom. The van der Waals surface area contributed by atoms with Crippen LogP contribution in [0.5, 0.6) is 0 Å². The van der Waals surface area contributed by atoms with E-state index in [0.717, 1.165) is 11.8 Å². The van der Waals surface area contributed by atoms with Crippen LogP contribution in [0.2, 0.25) is 0 Å². The third-order valence-corrected chi connectivity index (χ3v) is 2.24. The van der Waals surface area contributed by atoms with Crippen LogP contribution in [-0.4, -0.2) is 16.0 Å². The molecule has 0 radical (unpaired) electrons. The lowest BCUT2D eigenvalue weighted by Gasteiger charge is -2.01. The van der Waals surface area contributed by atoms with E-state index in [2.05, 4.69) is 15.9 Å². The van der Waals surface area contributed by atoms with Gasteiger partial charge in [0.05, 0.1) is 9.75 Å². The third-order valence-electron chi connectivity index (χ3n) is 1.70. The number of carbonyl (C=O) groups is 1. The molecule has 1 aromatic carbocycles. The van der Waals surface area contributed by atoms with E-state index in [0.29, 0.717) is 6.42 Å². The molecule has 0 aliphatic carbocycles. The number of non-ortho nitro benzene ring substituents is 1. The minimum Gasteiger partial charge on any atom is -0.302 e. The second kappa shape index (κ2) is 4.85. The van der Waals surface area contributed by atoms with E-state index in [9.17, 15) is 14.9 Å². The Labute approximate surface area is 89.2 Å². The first-order valence-electron chi connectivity index (χ1n) is 3.96. The van der Waals surface area contributed by atoms with Gasteiger partial charge in [-0.2, -0.15) is 0 Å². The molecule has 0 unspecified atom stereocenters. The molecule has 0 bridgehead atoms. The minimum atomic E-state index is -0.451. The van der Waals surface area contributed by atoms with Gasteiger partial charge in [0.1, 0.15) is 6.29 Å². The summed E-state index contributed by atoms with van der Waals surface area (Å²) in [4.78, 5) is 20.0. The van der Waals surface area contributed by atoms with Gasteiger partial charge in [0.25, 0.3) is 5.69 Å². The first kappa shape index (κ1) is 10.8. The van der Waals surface area contributed by atoms with Gasteiger partial charge in [-0.3, -0.25) is 10.1 Å². The van der Waals surface area contributed by atoms with Gasteiger partial charge >= 0.3 is 0 Å². The summed E-state index contributed by atoms with van der Waals surface area (Å²) < 4.78 is 0. The largest absolute Gasteiger partial charge is 0.302 e. The first-order valence-corrected chi connectivity index (χ1v) is 4.87. The minimum absolute atomic E-state index is 0.0492. The van der Waals surface area contributed by atoms with Crippen molar-refractivity contribution in [3.05, 3.63) is 39.9 Å². The van der Waals surface area contributed by atoms with Crippen molar-refractivity contribution in [1.82, 2.24) is 0 Å². The van der Waals surface area contributed by atoms with Gasteiger partial charge < -0.3 is 4.79 Å². The number of hydrogen-bond donors (Lipinski definition) is 0. The number of hydrogen-bond acceptors (Lipinski definition) is 3. The van der Waals surface area contributed by atoms with E-state index < -0.39 is 4.92 Å². The summed E-state index contributed by atoms with van der Waals surface area (Å²) in [6, 6.07) is 6.26. The van der Waals surface area contributed by atoms with Crippen LogP contribution in [0.15, 0.2) is 24.3 Å². The van der Waals surface area contributed by atoms with Gasteiger partial charge in [0.2, 0.25) is 0 Å². The Kier molecular flexibility index (Phi) is 3.76. The molecule has 0 aliphatic heterocycles. The maximum atomic E-state index is 10.4. The Morgan fingerprint density at radius 3 is 2.86 bits per heavy atom. The van der Waals surface area contributed by atoms with E-state index in [1.54, 1.807) is 12.1 Å². The van der Waals surface area contributed by atoms with Crippen LogP contribution >= 0.6 is 15.9 Å². The zero-order chi connectivity index (χ0) is 10.6. The number of carbonyl (C=O) groups excluding carboxylic acids is 1. The highest BCUT2D eigenvalue weighted by atomic mass is 79.9. The molecule has 0 spiro atoms. The maximum absolute atomic E-state index is 10.4. The number of nitrogens with zero attached hydrogens (tertiary/aromatic N) is 1. The highest BCUT2D eigenvalue weighted by Crippen LogP contribution is 2.15. The Hall–Kier alpha value is -1.23. The number of halogens is 1. The molecule has 14 heavy (non-hydrogen) atoms. The third kappa shape index (κ3) is 2.92. The van der Waals surface area contributed by atoms with Gasteiger partial charge in [-0.25, -0.2) is 0 Å². The summed E-state index contributed by atoms with van der Waals surface area (Å²) >= 11 is 3.14. The fourth-order valence-electron chi connectivity index (χ4n) is 1.07. The number of nitro groups is 1. The second-order valence-corrected chi connectivity index (χ2v) is 3.96. The molecule has 0 aromatic heterocycles. The lowest BCUT2D eigenvalue weighted by atomic mass is 10.1. The van der Waals surface area contributed by atoms with Crippen molar-refractivity contribution >= 4 is 27.9 Å². The van der Waals surface area contributed by atoms with E-state index in [1.807, 2.05) is 0 Å². The number of benzene rings is 1. The zero-order valence-electron chi connectivity index (χ0n) is 7.22. The zero-order valence-corrected chi connectivity index (χ0v) is 8.81. The summed E-state index contributed by atoms with van der Waals surface area (Å²) in [6.07, 6.45) is 1.23. The molecule has 1 aromatic rings. The number of nitro benzene ring substituents is 1. The van der Waals surface area contributed by atoms with E-state index in [-0.39, 0.29) is 10.5 Å². The van der Waals surface area contributed by atoms with E-state index >= 15 is 0 Å². The summed E-state index contributed by atoms with van der Waals surface area (Å²) in [5, 5.41) is 10.4. The predicted molar refractivity (Wildman–Crippen MR) is 55.6 cm³/mol. The van der Waals surface area contributed by atoms with Crippen LogP contribution in [-0.2, 0) is 11.2 Å². The molecule has 1 rings (SSSR count). The van der Waals surface area contributed by atoms with Gasteiger partial charge in [-0.1, -0.05) is 28.1 Å². The summed E-state index contributed by atoms with van der Waals surface area (Å²) in [5.41, 5.74) is 0.821. The van der Waals surface area contributed by atoms with Gasteiger partial charge in [0.15, 0.2) is 0 Å². The Morgan fingerprint density at radius 1 is 1.57 bits per heavy atom. The second-order valence-electron chi connectivity index (χ2n) is 2.78. The maximum Gasteiger partial charge on any atom is 0.269 e. The lowest BCUT2D eigenvalue weighted by molar-refractivity contribution is -0.384. The van der Waals surface area contributed by atoms with E-state index in [1.165, 1.54) is 12.1 Å². The molecular formula is C9H8BrNO3. The molecule has 0 aliphatic rings. The van der Waals surface area contributed by atoms with Crippen LogP contribution in [0, 0.1) is 10.1 Å². The highest BCUT2D eigenvalue weighted by molar-refractivity contribution is 9.09. The summed E-state index contributed by atoms with van der Waals surface area (Å²) in [5.74, 6) is 0. The van der Waals surface area contributed by atoms with Gasteiger partial charge in [-0.15, -0.1) is 0 Å². The molecule has 5 heteroatoms. The summed E-state index contributed by atoms with van der Waals surface area (Å²) in [7, 11) is 0. The van der Waals surface area contributed by atoms with E-state index in [4.69, 9.17) is 0 Å². The van der Waals surface area contributed by atoms with Crippen LogP contribution in [0.1, 0.15) is 5.56 Å². The molecule has 0 amide bonds. The molecule has 0 N–H and O–H groups in total. The fourth-order valence-corrected chi connectivity index (χ4v) is 1.44. The monoisotopic (exact) mass is 257 g/mol. The van der Waals surface area contributed by atoms with Crippen LogP contribution in [0.3, 0.4) is 0 Å². The number of aldehydes is 1. The van der Waals surface area contributed by atoms with Crippen LogP contribution < -0.4 is 0 Å². The van der Waals surface area contributed by atoms with Gasteiger partial charge in [0, 0.05) is 12.1 Å². The quantitative estimate of drug-likeness (QED) is 0.359. The van der Waals surface area contributed by atoms with Crippen molar-refractivity contribution in [2.24, 2.45) is 0 Å². The van der Waals surface area contributed by atoms with Crippen molar-refractivity contribution in [2.45, 2.75) is 11.2 Å². The topological polar surface area (TPSA) is 60.2 Å². The molecule has 74 valence electrons. The molecule has 0 saturated carbocycles. The normalized spacial score (nSPS) is 12.1. The Balaban J connectivity index is 2.83. The standard InChI is InChI=1S/C9H8BrNO3/c10-8(6-12)4-7-2-1-3-9(5-7)11(13)14/h1-3,5-6,8H,4H2/t8-/m0/s1. The fraction of sp³-hybridized carbons (Fsp3) is 0.222. The smallest absolute Gasteiger partial charge is 0.269 e. The number of alkyl halides is 1. The first-order chi connectivity index (χ1) is 6.63. The van der Waals surface area contributed by atoms with Crippen molar-refractivity contribution < 1.29 is 9.72 Å². The molecule has 1 atom stereocenters. The summed E-state index contributed by atoms with van der Waals surface area (Å²) in [6.45, 7) is 0. The molecular weight excluding hydrogens is 250 g/mol. The van der Waals surface area contributed by atoms with Gasteiger partial charge in [-0.05, 0) is 12.0 Å².